The van der Waals surface area contributed by atoms with E-state index in [0.717, 1.165) is 12.1 Å². The Morgan fingerprint density at radius 1 is 1.43 bits per heavy atom. The normalized spacial score (nSPS) is 21.6. The second-order valence-corrected chi connectivity index (χ2v) is 6.00. The van der Waals surface area contributed by atoms with Gasteiger partial charge in [0.2, 0.25) is 0 Å². The van der Waals surface area contributed by atoms with E-state index in [1.807, 2.05) is 0 Å². The highest BCUT2D eigenvalue weighted by Gasteiger charge is 2.37. The van der Waals surface area contributed by atoms with Crippen molar-refractivity contribution < 1.29 is 18.7 Å². The number of aliphatic hydroxyl groups is 1. The van der Waals surface area contributed by atoms with Gasteiger partial charge < -0.3 is 10.4 Å². The average Bonchev–Trinajstić information content (AvgIpc) is 2.88. The molecule has 1 saturated carbocycles. The molecule has 1 heterocycles. The molecule has 8 heteroatoms. The molecule has 1 aromatic carbocycles. The van der Waals surface area contributed by atoms with Crippen LogP contribution in [-0.4, -0.2) is 27.3 Å². The van der Waals surface area contributed by atoms with Gasteiger partial charge in [0.05, 0.1) is 23.4 Å². The summed E-state index contributed by atoms with van der Waals surface area (Å²) in [4.78, 5) is 12.3. The minimum atomic E-state index is -0.743. The molecule has 122 valence electrons. The van der Waals surface area contributed by atoms with Crippen LogP contribution in [-0.2, 0) is 0 Å². The fourth-order valence-corrected chi connectivity index (χ4v) is 2.93. The number of nitrogens with zero attached hydrogens (tertiary/aromatic N) is 1. The van der Waals surface area contributed by atoms with E-state index >= 15 is 0 Å². The molecule has 0 aliphatic heterocycles. The monoisotopic (exact) mass is 341 g/mol. The highest BCUT2D eigenvalue weighted by atomic mass is 35.5. The van der Waals surface area contributed by atoms with Gasteiger partial charge in [0.1, 0.15) is 17.3 Å². The summed E-state index contributed by atoms with van der Waals surface area (Å²) in [6.45, 7) is 0. The summed E-state index contributed by atoms with van der Waals surface area (Å²) >= 11 is 5.85. The quantitative estimate of drug-likeness (QED) is 0.800. The van der Waals surface area contributed by atoms with E-state index in [2.05, 4.69) is 15.5 Å². The van der Waals surface area contributed by atoms with E-state index in [9.17, 15) is 18.7 Å². The molecule has 1 aromatic heterocycles. The van der Waals surface area contributed by atoms with Crippen LogP contribution in [0.4, 0.5) is 8.78 Å². The molecule has 5 nitrogen and oxygen atoms in total. The Labute approximate surface area is 135 Å². The average molecular weight is 342 g/mol. The molecule has 1 amide bonds. The number of aliphatic hydroxyl groups excluding tert-OH is 1. The van der Waals surface area contributed by atoms with Crippen LogP contribution >= 0.6 is 11.6 Å². The van der Waals surface area contributed by atoms with E-state index in [4.69, 9.17) is 11.6 Å². The van der Waals surface area contributed by atoms with Crippen molar-refractivity contribution in [3.05, 3.63) is 52.3 Å². The van der Waals surface area contributed by atoms with Crippen LogP contribution in [0.5, 0.6) is 0 Å². The van der Waals surface area contributed by atoms with Crippen LogP contribution < -0.4 is 5.32 Å². The van der Waals surface area contributed by atoms with Gasteiger partial charge in [0.15, 0.2) is 0 Å². The molecule has 3 N–H and O–H groups in total. The lowest BCUT2D eigenvalue weighted by molar-refractivity contribution is 0.0228. The van der Waals surface area contributed by atoms with Gasteiger partial charge in [-0.1, -0.05) is 17.7 Å². The molecule has 3 rings (SSSR count). The van der Waals surface area contributed by atoms with E-state index in [1.165, 1.54) is 12.3 Å². The zero-order valence-electron chi connectivity index (χ0n) is 11.9. The molecular weight excluding hydrogens is 328 g/mol. The number of halogens is 3. The van der Waals surface area contributed by atoms with Crippen LogP contribution in [0.15, 0.2) is 24.4 Å². The first kappa shape index (κ1) is 15.9. The zero-order chi connectivity index (χ0) is 16.6. The van der Waals surface area contributed by atoms with Crippen LogP contribution in [0.3, 0.4) is 0 Å². The zero-order valence-corrected chi connectivity index (χ0v) is 12.6. The van der Waals surface area contributed by atoms with E-state index in [0.29, 0.717) is 12.8 Å². The Bertz CT molecular complexity index is 731. The maximum Gasteiger partial charge on any atom is 0.271 e. The summed E-state index contributed by atoms with van der Waals surface area (Å²) in [6, 6.07) is 2.52. The number of benzene rings is 1. The summed E-state index contributed by atoms with van der Waals surface area (Å²) in [6.07, 6.45) is 1.67. The van der Waals surface area contributed by atoms with Gasteiger partial charge in [-0.05, 0) is 24.8 Å². The van der Waals surface area contributed by atoms with Gasteiger partial charge in [0.25, 0.3) is 5.91 Å². The minimum absolute atomic E-state index is 0.0686. The fourth-order valence-electron chi connectivity index (χ4n) is 2.75. The van der Waals surface area contributed by atoms with Crippen LogP contribution in [0.25, 0.3) is 0 Å². The Balaban J connectivity index is 1.87. The summed E-state index contributed by atoms with van der Waals surface area (Å²) < 4.78 is 27.2. The van der Waals surface area contributed by atoms with Crippen molar-refractivity contribution in [2.75, 3.05) is 0 Å². The number of carbonyl (C=O) groups excluding carboxylic acids is 1. The van der Waals surface area contributed by atoms with Crippen molar-refractivity contribution in [1.82, 2.24) is 15.5 Å². The lowest BCUT2D eigenvalue weighted by Crippen LogP contribution is -2.42. The van der Waals surface area contributed by atoms with Gasteiger partial charge in [-0.2, -0.15) is 5.10 Å². The predicted molar refractivity (Wildman–Crippen MR) is 78.9 cm³/mol. The number of nitrogens with one attached hydrogen (secondary N) is 2. The Morgan fingerprint density at radius 3 is 2.74 bits per heavy atom. The Morgan fingerprint density at radius 2 is 2.17 bits per heavy atom. The number of rotatable bonds is 4. The van der Waals surface area contributed by atoms with E-state index < -0.39 is 29.7 Å². The van der Waals surface area contributed by atoms with Crippen molar-refractivity contribution in [3.63, 3.8) is 0 Å². The number of hydrogen-bond acceptors (Lipinski definition) is 3. The van der Waals surface area contributed by atoms with Crippen LogP contribution in [0, 0.1) is 17.6 Å². The van der Waals surface area contributed by atoms with Crippen LogP contribution in [0.1, 0.15) is 34.9 Å². The topological polar surface area (TPSA) is 78.0 Å². The summed E-state index contributed by atoms with van der Waals surface area (Å²) in [7, 11) is 0. The molecule has 0 bridgehead atoms. The third kappa shape index (κ3) is 3.20. The maximum atomic E-state index is 14.1. The minimum Gasteiger partial charge on any atom is -0.393 e. The molecule has 1 atom stereocenters. The van der Waals surface area contributed by atoms with Gasteiger partial charge in [0, 0.05) is 11.6 Å². The molecule has 0 spiro atoms. The first-order valence-corrected chi connectivity index (χ1v) is 7.46. The summed E-state index contributed by atoms with van der Waals surface area (Å²) in [5, 5.41) is 18.5. The second kappa shape index (κ2) is 6.25. The van der Waals surface area contributed by atoms with Crippen molar-refractivity contribution in [2.45, 2.75) is 25.0 Å². The highest BCUT2D eigenvalue weighted by Crippen LogP contribution is 2.39. The molecule has 23 heavy (non-hydrogen) atoms. The second-order valence-electron chi connectivity index (χ2n) is 5.60. The SMILES string of the molecule is O=C(N[C@@H](c1ccc(F)cc1F)C1CC(O)C1)c1[nH]ncc1Cl. The standard InChI is InChI=1S/C15H14ClF2N3O2/c16-11-6-19-21-14(11)15(23)20-13(7-3-9(22)4-7)10-2-1-8(17)5-12(10)18/h1-2,5-7,9,13,22H,3-4H2,(H,19,21)(H,20,23)/t7?,9?,13-/m1/s1. The van der Waals surface area contributed by atoms with Gasteiger partial charge >= 0.3 is 0 Å². The maximum absolute atomic E-state index is 14.1. The number of aromatic nitrogens is 2. The van der Waals surface area contributed by atoms with Crippen molar-refractivity contribution in [2.24, 2.45) is 5.92 Å². The smallest absolute Gasteiger partial charge is 0.271 e. The van der Waals surface area contributed by atoms with Crippen LogP contribution in [0.2, 0.25) is 5.02 Å². The third-order valence-corrected chi connectivity index (χ3v) is 4.31. The molecule has 1 fully saturated rings. The first-order valence-electron chi connectivity index (χ1n) is 7.08. The molecule has 0 radical (unpaired) electrons. The molecular formula is C15H14ClF2N3O2. The Hall–Kier alpha value is -1.99. The molecule has 1 aliphatic rings. The molecule has 0 saturated heterocycles. The van der Waals surface area contributed by atoms with Crippen molar-refractivity contribution in [3.8, 4) is 0 Å². The number of carbonyl (C=O) groups is 1. The fraction of sp³-hybridized carbons (Fsp3) is 0.333. The largest absolute Gasteiger partial charge is 0.393 e. The van der Waals surface area contributed by atoms with E-state index in [1.54, 1.807) is 0 Å². The van der Waals surface area contributed by atoms with Crippen molar-refractivity contribution in [1.29, 1.82) is 0 Å². The lowest BCUT2D eigenvalue weighted by atomic mass is 9.75. The van der Waals surface area contributed by atoms with Gasteiger partial charge in [-0.3, -0.25) is 9.89 Å². The number of hydrogen-bond donors (Lipinski definition) is 3. The number of H-pyrrole nitrogens is 1. The Kier molecular flexibility index (Phi) is 4.32. The highest BCUT2D eigenvalue weighted by molar-refractivity contribution is 6.33. The summed E-state index contributed by atoms with van der Waals surface area (Å²) in [5.41, 5.74) is 0.242. The molecule has 1 aliphatic carbocycles. The van der Waals surface area contributed by atoms with Gasteiger partial charge in [-0.15, -0.1) is 0 Å². The lowest BCUT2D eigenvalue weighted by Gasteiger charge is -2.38. The summed E-state index contributed by atoms with van der Waals surface area (Å²) in [5.74, 6) is -2.12. The molecule has 2 aromatic rings. The predicted octanol–water partition coefficient (Wildman–Crippen LogP) is 2.58. The molecule has 0 unspecified atom stereocenters. The van der Waals surface area contributed by atoms with E-state index in [-0.39, 0.29) is 22.2 Å². The third-order valence-electron chi connectivity index (χ3n) is 4.03. The first-order chi connectivity index (χ1) is 11.0. The van der Waals surface area contributed by atoms with Gasteiger partial charge in [-0.25, -0.2) is 8.78 Å². The van der Waals surface area contributed by atoms with Crippen molar-refractivity contribution >= 4 is 17.5 Å². The number of amides is 1. The number of aromatic amines is 1.